The van der Waals surface area contributed by atoms with Gasteiger partial charge < -0.3 is 24.3 Å². The second-order valence-electron chi connectivity index (χ2n) is 6.32. The second-order valence-corrected chi connectivity index (χ2v) is 7.27. The predicted molar refractivity (Wildman–Crippen MR) is 101 cm³/mol. The van der Waals surface area contributed by atoms with Crippen molar-refractivity contribution in [3.05, 3.63) is 0 Å². The molecule has 1 N–H and O–H groups in total. The molecule has 0 bridgehead atoms. The van der Waals surface area contributed by atoms with Crippen LogP contribution in [-0.2, 0) is 33.3 Å². The Kier molecular flexibility index (Phi) is 11.5. The number of amides is 1. The van der Waals surface area contributed by atoms with Crippen molar-refractivity contribution in [1.29, 1.82) is 0 Å². The zero-order valence-electron chi connectivity index (χ0n) is 16.4. The number of morpholine rings is 1. The third-order valence-electron chi connectivity index (χ3n) is 3.63. The maximum atomic E-state index is 12.2. The van der Waals surface area contributed by atoms with Crippen LogP contribution < -0.4 is 5.32 Å². The molecule has 1 atom stereocenters. The molecular formula is C17H28N2O8S. The summed E-state index contributed by atoms with van der Waals surface area (Å²) in [6.07, 6.45) is 0. The molecule has 1 aliphatic heterocycles. The smallest absolute Gasteiger partial charge is 0.370 e. The van der Waals surface area contributed by atoms with Crippen LogP contribution in [0.2, 0.25) is 0 Å². The Morgan fingerprint density at radius 2 is 1.75 bits per heavy atom. The molecular weight excluding hydrogens is 392 g/mol. The Labute approximate surface area is 168 Å². The van der Waals surface area contributed by atoms with Crippen LogP contribution in [0.3, 0.4) is 0 Å². The lowest BCUT2D eigenvalue weighted by atomic mass is 10.2. The third-order valence-corrected chi connectivity index (χ3v) is 4.49. The van der Waals surface area contributed by atoms with Crippen LogP contribution in [0, 0.1) is 5.92 Å². The third kappa shape index (κ3) is 10.5. The van der Waals surface area contributed by atoms with Crippen LogP contribution in [0.5, 0.6) is 0 Å². The maximum Gasteiger partial charge on any atom is 0.370 e. The van der Waals surface area contributed by atoms with Gasteiger partial charge in [0.2, 0.25) is 12.7 Å². The van der Waals surface area contributed by atoms with E-state index in [2.05, 4.69) is 10.2 Å². The second kappa shape index (κ2) is 13.3. The summed E-state index contributed by atoms with van der Waals surface area (Å²) in [6.45, 7) is 7.66. The Bertz CT molecular complexity index is 537. The van der Waals surface area contributed by atoms with E-state index in [1.165, 1.54) is 6.92 Å². The fraction of sp³-hybridized carbons (Fsp3) is 0.765. The molecule has 1 fully saturated rings. The molecule has 1 heterocycles. The van der Waals surface area contributed by atoms with Crippen molar-refractivity contribution in [1.82, 2.24) is 10.2 Å². The number of nitrogens with one attached hydrogen (secondary N) is 1. The van der Waals surface area contributed by atoms with Gasteiger partial charge >= 0.3 is 17.2 Å². The van der Waals surface area contributed by atoms with Gasteiger partial charge in [0.15, 0.2) is 0 Å². The Morgan fingerprint density at radius 3 is 2.36 bits per heavy atom. The number of hydrogen-bond acceptors (Lipinski definition) is 10. The zero-order chi connectivity index (χ0) is 20.9. The molecule has 0 aromatic carbocycles. The minimum atomic E-state index is -0.988. The fourth-order valence-electron chi connectivity index (χ4n) is 2.11. The van der Waals surface area contributed by atoms with Crippen molar-refractivity contribution in [2.24, 2.45) is 5.92 Å². The van der Waals surface area contributed by atoms with Crippen molar-refractivity contribution in [3.8, 4) is 0 Å². The van der Waals surface area contributed by atoms with E-state index >= 15 is 0 Å². The normalized spacial score (nSPS) is 15.6. The molecule has 0 aromatic heterocycles. The predicted octanol–water partition coefficient (Wildman–Crippen LogP) is 0.393. The summed E-state index contributed by atoms with van der Waals surface area (Å²) in [4.78, 5) is 48.6. The first kappa shape index (κ1) is 24.2. The van der Waals surface area contributed by atoms with E-state index in [-0.39, 0.29) is 18.3 Å². The number of thioether (sulfide) groups is 1. The summed E-state index contributed by atoms with van der Waals surface area (Å²) in [6, 6.07) is -0.988. The molecule has 0 unspecified atom stereocenters. The highest BCUT2D eigenvalue weighted by Gasteiger charge is 2.23. The minimum absolute atomic E-state index is 0.0626. The molecule has 0 radical (unpaired) electrons. The van der Waals surface area contributed by atoms with Crippen LogP contribution in [-0.4, -0.2) is 86.1 Å². The van der Waals surface area contributed by atoms with Gasteiger partial charge in [-0.2, -0.15) is 0 Å². The molecule has 10 nitrogen and oxygen atoms in total. The summed E-state index contributed by atoms with van der Waals surface area (Å²) in [7, 11) is 0. The van der Waals surface area contributed by atoms with Crippen LogP contribution in [0.15, 0.2) is 0 Å². The number of rotatable bonds is 10. The standard InChI is InChI=1S/C17H28N2O8S/c1-12(2)15(21)26-11-27-17(23)28-10-14(18-13(3)20)16(22)25-9-6-19-4-7-24-8-5-19/h12,14H,4-11H2,1-3H3,(H,18,20)/t14-/m0/s1. The molecule has 1 saturated heterocycles. The Hall–Kier alpha value is -1.85. The molecule has 1 aliphatic rings. The van der Waals surface area contributed by atoms with E-state index < -0.39 is 36.0 Å². The Balaban J connectivity index is 2.33. The van der Waals surface area contributed by atoms with Crippen molar-refractivity contribution >= 4 is 34.9 Å². The molecule has 1 rings (SSSR count). The summed E-state index contributed by atoms with van der Waals surface area (Å²) in [5.41, 5.74) is 0. The average Bonchev–Trinajstić information content (AvgIpc) is 2.65. The zero-order valence-corrected chi connectivity index (χ0v) is 17.2. The largest absolute Gasteiger partial charge is 0.463 e. The Morgan fingerprint density at radius 1 is 1.07 bits per heavy atom. The van der Waals surface area contributed by atoms with Gasteiger partial charge in [0.05, 0.1) is 19.1 Å². The lowest BCUT2D eigenvalue weighted by molar-refractivity contribution is -0.155. The van der Waals surface area contributed by atoms with E-state index in [1.54, 1.807) is 13.8 Å². The van der Waals surface area contributed by atoms with Crippen LogP contribution >= 0.6 is 11.8 Å². The average molecular weight is 420 g/mol. The van der Waals surface area contributed by atoms with Gasteiger partial charge in [-0.05, 0) is 11.8 Å². The first-order valence-corrected chi connectivity index (χ1v) is 9.98. The highest BCUT2D eigenvalue weighted by Crippen LogP contribution is 2.09. The highest BCUT2D eigenvalue weighted by molar-refractivity contribution is 8.13. The number of carbonyl (C=O) groups is 4. The SMILES string of the molecule is CC(=O)N[C@@H](CSC(=O)OCOC(=O)C(C)C)C(=O)OCCN1CCOCC1. The molecule has 28 heavy (non-hydrogen) atoms. The number of carbonyl (C=O) groups excluding carboxylic acids is 4. The maximum absolute atomic E-state index is 12.2. The first-order chi connectivity index (χ1) is 13.3. The lowest BCUT2D eigenvalue weighted by Crippen LogP contribution is -2.44. The monoisotopic (exact) mass is 420 g/mol. The number of esters is 2. The lowest BCUT2D eigenvalue weighted by Gasteiger charge is -2.26. The van der Waals surface area contributed by atoms with Gasteiger partial charge in [-0.3, -0.25) is 14.5 Å². The molecule has 1 amide bonds. The van der Waals surface area contributed by atoms with Crippen LogP contribution in [0.25, 0.3) is 0 Å². The van der Waals surface area contributed by atoms with Gasteiger partial charge in [-0.1, -0.05) is 13.8 Å². The number of nitrogens with zero attached hydrogens (tertiary/aromatic N) is 1. The van der Waals surface area contributed by atoms with Crippen molar-refractivity contribution in [3.63, 3.8) is 0 Å². The van der Waals surface area contributed by atoms with Crippen molar-refractivity contribution in [2.45, 2.75) is 26.8 Å². The van der Waals surface area contributed by atoms with Gasteiger partial charge in [-0.15, -0.1) is 0 Å². The van der Waals surface area contributed by atoms with E-state index in [0.717, 1.165) is 13.1 Å². The molecule has 0 aliphatic carbocycles. The van der Waals surface area contributed by atoms with Gasteiger partial charge in [0.25, 0.3) is 0 Å². The highest BCUT2D eigenvalue weighted by atomic mass is 32.2. The van der Waals surface area contributed by atoms with Crippen molar-refractivity contribution < 1.29 is 38.1 Å². The summed E-state index contributed by atoms with van der Waals surface area (Å²) >= 11 is 0.681. The topological polar surface area (TPSA) is 120 Å². The molecule has 0 saturated carbocycles. The van der Waals surface area contributed by atoms with Crippen molar-refractivity contribution in [2.75, 3.05) is 52.0 Å². The quantitative estimate of drug-likeness (QED) is 0.392. The van der Waals surface area contributed by atoms with E-state index in [1.807, 2.05) is 0 Å². The fourth-order valence-corrected chi connectivity index (χ4v) is 2.76. The van der Waals surface area contributed by atoms with Gasteiger partial charge in [0.1, 0.15) is 12.6 Å². The van der Waals surface area contributed by atoms with E-state index in [9.17, 15) is 19.2 Å². The summed E-state index contributed by atoms with van der Waals surface area (Å²) in [5, 5.41) is 1.72. The molecule has 0 aromatic rings. The minimum Gasteiger partial charge on any atom is -0.463 e. The molecule has 160 valence electrons. The van der Waals surface area contributed by atoms with Crippen LogP contribution in [0.4, 0.5) is 4.79 Å². The number of hydrogen-bond donors (Lipinski definition) is 1. The molecule has 11 heteroatoms. The van der Waals surface area contributed by atoms with E-state index in [0.29, 0.717) is 31.5 Å². The first-order valence-electron chi connectivity index (χ1n) is 8.99. The van der Waals surface area contributed by atoms with Gasteiger partial charge in [0, 0.05) is 32.3 Å². The summed E-state index contributed by atoms with van der Waals surface area (Å²) in [5.74, 6) is -1.93. The van der Waals surface area contributed by atoms with Crippen LogP contribution in [0.1, 0.15) is 20.8 Å². The van der Waals surface area contributed by atoms with Gasteiger partial charge in [-0.25, -0.2) is 9.59 Å². The molecule has 0 spiro atoms. The van der Waals surface area contributed by atoms with E-state index in [4.69, 9.17) is 18.9 Å². The summed E-state index contributed by atoms with van der Waals surface area (Å²) < 4.78 is 19.9. The number of ether oxygens (including phenoxy) is 4.